The lowest BCUT2D eigenvalue weighted by Crippen LogP contribution is -2.35. The van der Waals surface area contributed by atoms with E-state index in [0.717, 1.165) is 23.8 Å². The van der Waals surface area contributed by atoms with Crippen molar-refractivity contribution in [3.63, 3.8) is 0 Å². The molecule has 0 bridgehead atoms. The number of halogens is 1. The molecule has 1 aromatic carbocycles. The smallest absolute Gasteiger partial charge is 0.145 e. The summed E-state index contributed by atoms with van der Waals surface area (Å²) in [6, 6.07) is 4.18. The van der Waals surface area contributed by atoms with Gasteiger partial charge in [0.2, 0.25) is 0 Å². The molecule has 2 atom stereocenters. The van der Waals surface area contributed by atoms with E-state index >= 15 is 0 Å². The summed E-state index contributed by atoms with van der Waals surface area (Å²) < 4.78 is 10.7. The lowest BCUT2D eigenvalue weighted by atomic mass is 9.70. The van der Waals surface area contributed by atoms with Crippen molar-refractivity contribution in [2.45, 2.75) is 46.1 Å². The average Bonchev–Trinajstić information content (AvgIpc) is 2.36. The van der Waals surface area contributed by atoms with E-state index in [1.54, 1.807) is 14.2 Å². The summed E-state index contributed by atoms with van der Waals surface area (Å²) in [7, 11) is 3.28. The van der Waals surface area contributed by atoms with Gasteiger partial charge in [0.1, 0.15) is 11.5 Å². The number of nitrogens with one attached hydrogen (secondary N) is 1. The third-order valence-electron chi connectivity index (χ3n) is 4.22. The zero-order valence-electron chi connectivity index (χ0n) is 13.6. The van der Waals surface area contributed by atoms with E-state index in [1.165, 1.54) is 12.8 Å². The van der Waals surface area contributed by atoms with Gasteiger partial charge in [-0.25, -0.2) is 0 Å². The highest BCUT2D eigenvalue weighted by Crippen LogP contribution is 2.42. The van der Waals surface area contributed by atoms with Crippen LogP contribution in [0.2, 0.25) is 5.02 Å². The predicted octanol–water partition coefficient (Wildman–Crippen LogP) is 4.98. The van der Waals surface area contributed by atoms with Gasteiger partial charge in [-0.2, -0.15) is 0 Å². The molecule has 0 spiro atoms. The first-order valence-electron chi connectivity index (χ1n) is 7.52. The first-order chi connectivity index (χ1) is 9.84. The Morgan fingerprint density at radius 1 is 1.14 bits per heavy atom. The van der Waals surface area contributed by atoms with Gasteiger partial charge in [-0.05, 0) is 36.7 Å². The largest absolute Gasteiger partial charge is 0.495 e. The summed E-state index contributed by atoms with van der Waals surface area (Å²) in [5, 5.41) is 4.21. The van der Waals surface area contributed by atoms with E-state index in [9.17, 15) is 0 Å². The molecule has 0 saturated heterocycles. The van der Waals surface area contributed by atoms with Crippen LogP contribution in [0.25, 0.3) is 0 Å². The third kappa shape index (κ3) is 3.97. The van der Waals surface area contributed by atoms with E-state index in [0.29, 0.717) is 22.2 Å². The molecule has 0 heterocycles. The Bertz CT molecular complexity index is 502. The standard InChI is InChI=1S/C17H26ClNO2/c1-11-6-12(10-17(2,3)9-11)19-14-7-13(18)15(20-4)8-16(14)21-5/h7-8,11-12,19H,6,9-10H2,1-5H3. The summed E-state index contributed by atoms with van der Waals surface area (Å²) >= 11 is 6.24. The first-order valence-corrected chi connectivity index (χ1v) is 7.90. The number of hydrogen-bond donors (Lipinski definition) is 1. The Labute approximate surface area is 133 Å². The van der Waals surface area contributed by atoms with E-state index in [-0.39, 0.29) is 0 Å². The quantitative estimate of drug-likeness (QED) is 0.850. The van der Waals surface area contributed by atoms with Crippen molar-refractivity contribution in [3.05, 3.63) is 17.2 Å². The van der Waals surface area contributed by atoms with Gasteiger partial charge in [0.25, 0.3) is 0 Å². The molecule has 1 aliphatic carbocycles. The molecule has 4 heteroatoms. The Morgan fingerprint density at radius 3 is 2.38 bits per heavy atom. The van der Waals surface area contributed by atoms with Gasteiger partial charge >= 0.3 is 0 Å². The second kappa shape index (κ2) is 6.35. The minimum atomic E-state index is 0.374. The van der Waals surface area contributed by atoms with Crippen molar-refractivity contribution in [2.75, 3.05) is 19.5 Å². The minimum Gasteiger partial charge on any atom is -0.495 e. The monoisotopic (exact) mass is 311 g/mol. The van der Waals surface area contributed by atoms with Crippen LogP contribution in [0.1, 0.15) is 40.0 Å². The van der Waals surface area contributed by atoms with E-state index in [1.807, 2.05) is 12.1 Å². The number of anilines is 1. The van der Waals surface area contributed by atoms with Gasteiger partial charge < -0.3 is 14.8 Å². The van der Waals surface area contributed by atoms with Gasteiger partial charge in [-0.1, -0.05) is 32.4 Å². The molecular weight excluding hydrogens is 286 g/mol. The minimum absolute atomic E-state index is 0.374. The van der Waals surface area contributed by atoms with Crippen molar-refractivity contribution in [1.82, 2.24) is 0 Å². The molecule has 2 rings (SSSR count). The second-order valence-electron chi connectivity index (χ2n) is 6.94. The van der Waals surface area contributed by atoms with Gasteiger partial charge in [-0.15, -0.1) is 0 Å². The van der Waals surface area contributed by atoms with Crippen molar-refractivity contribution < 1.29 is 9.47 Å². The van der Waals surface area contributed by atoms with E-state index in [4.69, 9.17) is 21.1 Å². The summed E-state index contributed by atoms with van der Waals surface area (Å²) in [6.07, 6.45) is 3.62. The van der Waals surface area contributed by atoms with Crippen LogP contribution in [0.15, 0.2) is 12.1 Å². The fourth-order valence-corrected chi connectivity index (χ4v) is 3.89. The number of hydrogen-bond acceptors (Lipinski definition) is 3. The van der Waals surface area contributed by atoms with Crippen LogP contribution >= 0.6 is 11.6 Å². The average molecular weight is 312 g/mol. The zero-order chi connectivity index (χ0) is 15.6. The zero-order valence-corrected chi connectivity index (χ0v) is 14.4. The van der Waals surface area contributed by atoms with E-state index in [2.05, 4.69) is 26.1 Å². The van der Waals surface area contributed by atoms with Gasteiger partial charge in [0.15, 0.2) is 0 Å². The van der Waals surface area contributed by atoms with Crippen molar-refractivity contribution in [1.29, 1.82) is 0 Å². The summed E-state index contributed by atoms with van der Waals surface area (Å²) in [6.45, 7) is 7.01. The van der Waals surface area contributed by atoms with Crippen LogP contribution in [0.5, 0.6) is 11.5 Å². The Morgan fingerprint density at radius 2 is 1.81 bits per heavy atom. The number of benzene rings is 1. The molecule has 2 unspecified atom stereocenters. The van der Waals surface area contributed by atoms with Crippen molar-refractivity contribution in [3.8, 4) is 11.5 Å². The van der Waals surface area contributed by atoms with Gasteiger partial charge in [0.05, 0.1) is 24.9 Å². The summed E-state index contributed by atoms with van der Waals surface area (Å²) in [4.78, 5) is 0. The molecule has 1 aromatic rings. The maximum absolute atomic E-state index is 6.24. The van der Waals surface area contributed by atoms with Crippen LogP contribution in [0, 0.1) is 11.3 Å². The fraction of sp³-hybridized carbons (Fsp3) is 0.647. The molecule has 118 valence electrons. The third-order valence-corrected chi connectivity index (χ3v) is 4.52. The topological polar surface area (TPSA) is 30.5 Å². The highest BCUT2D eigenvalue weighted by molar-refractivity contribution is 6.32. The molecule has 1 aliphatic rings. The van der Waals surface area contributed by atoms with Gasteiger partial charge in [0, 0.05) is 12.1 Å². The maximum Gasteiger partial charge on any atom is 0.145 e. The molecule has 0 radical (unpaired) electrons. The first kappa shape index (κ1) is 16.3. The molecule has 21 heavy (non-hydrogen) atoms. The number of ether oxygens (including phenoxy) is 2. The summed E-state index contributed by atoms with van der Waals surface area (Å²) in [5.41, 5.74) is 1.32. The Hall–Kier alpha value is -1.09. The van der Waals surface area contributed by atoms with Crippen LogP contribution in [-0.4, -0.2) is 20.3 Å². The lowest BCUT2D eigenvalue weighted by molar-refractivity contribution is 0.178. The highest BCUT2D eigenvalue weighted by atomic mass is 35.5. The Balaban J connectivity index is 2.20. The molecule has 1 fully saturated rings. The molecule has 3 nitrogen and oxygen atoms in total. The molecular formula is C17H26ClNO2. The Kier molecular flexibility index (Phi) is 4.92. The van der Waals surface area contributed by atoms with Crippen molar-refractivity contribution >= 4 is 17.3 Å². The normalized spacial score (nSPS) is 24.5. The van der Waals surface area contributed by atoms with Crippen molar-refractivity contribution in [2.24, 2.45) is 11.3 Å². The van der Waals surface area contributed by atoms with E-state index < -0.39 is 0 Å². The highest BCUT2D eigenvalue weighted by Gasteiger charge is 2.32. The maximum atomic E-state index is 6.24. The number of methoxy groups -OCH3 is 2. The van der Waals surface area contributed by atoms with Crippen LogP contribution in [0.3, 0.4) is 0 Å². The molecule has 1 N–H and O–H groups in total. The SMILES string of the molecule is COc1cc(OC)c(NC2CC(C)CC(C)(C)C2)cc1Cl. The fourth-order valence-electron chi connectivity index (χ4n) is 3.65. The van der Waals surface area contributed by atoms with Crippen LogP contribution in [0.4, 0.5) is 5.69 Å². The molecule has 1 saturated carbocycles. The number of rotatable bonds is 4. The van der Waals surface area contributed by atoms with Crippen LogP contribution < -0.4 is 14.8 Å². The second-order valence-corrected chi connectivity index (χ2v) is 7.35. The summed E-state index contributed by atoms with van der Waals surface area (Å²) in [5.74, 6) is 2.13. The molecule has 0 aliphatic heterocycles. The molecule has 0 amide bonds. The predicted molar refractivity (Wildman–Crippen MR) is 88.8 cm³/mol. The van der Waals surface area contributed by atoms with Gasteiger partial charge in [-0.3, -0.25) is 0 Å². The molecule has 0 aromatic heterocycles. The lowest BCUT2D eigenvalue weighted by Gasteiger charge is -2.39. The van der Waals surface area contributed by atoms with Crippen LogP contribution in [-0.2, 0) is 0 Å².